The van der Waals surface area contributed by atoms with Crippen LogP contribution in [0.2, 0.25) is 0 Å². The van der Waals surface area contributed by atoms with Crippen LogP contribution in [0.3, 0.4) is 0 Å². The van der Waals surface area contributed by atoms with Gasteiger partial charge in [-0.25, -0.2) is 0 Å². The molecule has 9 heavy (non-hydrogen) atoms. The van der Waals surface area contributed by atoms with E-state index < -0.39 is 0 Å². The van der Waals surface area contributed by atoms with E-state index in [1.165, 1.54) is 0 Å². The summed E-state index contributed by atoms with van der Waals surface area (Å²) in [6.45, 7) is 0. The first-order valence-corrected chi connectivity index (χ1v) is 0.943. The molecule has 0 spiro atoms. The summed E-state index contributed by atoms with van der Waals surface area (Å²) >= 11 is 0. The molecule has 62 valence electrons. The van der Waals surface area contributed by atoms with Crippen LogP contribution in [0.1, 0.15) is 0 Å². The van der Waals surface area contributed by atoms with Gasteiger partial charge in [0.1, 0.15) is 0 Å². The first kappa shape index (κ1) is 34.5. The van der Waals surface area contributed by atoms with Crippen molar-refractivity contribution in [1.29, 1.82) is 0 Å². The Hall–Kier alpha value is 0.342. The molecule has 0 fully saturated rings. The van der Waals surface area contributed by atoms with Gasteiger partial charge in [-0.3, -0.25) is 0 Å². The van der Waals surface area contributed by atoms with Crippen molar-refractivity contribution in [2.45, 2.75) is 0 Å². The summed E-state index contributed by atoms with van der Waals surface area (Å²) in [5.41, 5.74) is 0. The Bertz CT molecular complexity index is 12.5. The molecular weight excluding hydrogens is 226 g/mol. The monoisotopic (exact) mass is 234 g/mol. The van der Waals surface area contributed by atoms with Gasteiger partial charge < -0.3 is 44.4 Å². The van der Waals surface area contributed by atoms with Crippen molar-refractivity contribution in [1.82, 2.24) is 0 Å². The first-order chi connectivity index (χ1) is 4.00. The number of rotatable bonds is 0. The fourth-order valence-electron chi connectivity index (χ4n) is 0. The molecule has 0 radical (unpaired) electrons. The van der Waals surface area contributed by atoms with E-state index in [0.29, 0.717) is 0 Å². The average Bonchev–Trinajstić information content (AvgIpc) is 2.03. The van der Waals surface area contributed by atoms with Gasteiger partial charge >= 0.3 is 20.4 Å². The van der Waals surface area contributed by atoms with Crippen LogP contribution in [0.15, 0.2) is 0 Å². The normalized spacial score (nSPS) is 2.67. The van der Waals surface area contributed by atoms with Crippen LogP contribution in [-0.4, -0.2) is 0 Å². The van der Waals surface area contributed by atoms with Crippen molar-refractivity contribution in [3.63, 3.8) is 0 Å². The van der Waals surface area contributed by atoms with Crippen molar-refractivity contribution < 1.29 is 20.4 Å². The van der Waals surface area contributed by atoms with E-state index >= 15 is 0 Å². The van der Waals surface area contributed by atoms with Gasteiger partial charge in [0.2, 0.25) is 0 Å². The van der Waals surface area contributed by atoms with Gasteiger partial charge in [-0.05, 0) is 0 Å². The standard InChI is InChI=1S/4H2NO.Pd/c4*1-2;/h4*1H2;/q4*-1;+4. The van der Waals surface area contributed by atoms with Gasteiger partial charge in [0.15, 0.2) is 0 Å². The van der Waals surface area contributed by atoms with Crippen LogP contribution in [0.4, 0.5) is 0 Å². The molecule has 0 aliphatic rings. The van der Waals surface area contributed by atoms with Crippen molar-refractivity contribution >= 4 is 0 Å². The van der Waals surface area contributed by atoms with Gasteiger partial charge in [-0.15, -0.1) is 0 Å². The van der Waals surface area contributed by atoms with Gasteiger partial charge in [-0.2, -0.15) is 0 Å². The molecule has 0 aromatic heterocycles. The fraction of sp³-hybridized carbons (Fsp3) is 0. The second-order valence-electron chi connectivity index (χ2n) is 0. The molecule has 0 aliphatic heterocycles. The molecule has 0 aromatic carbocycles. The Kier molecular flexibility index (Phi) is 14700. The van der Waals surface area contributed by atoms with E-state index in [1.807, 2.05) is 0 Å². The van der Waals surface area contributed by atoms with Gasteiger partial charge in [0, 0.05) is 0 Å². The van der Waals surface area contributed by atoms with E-state index in [2.05, 4.69) is 23.6 Å². The maximum Gasteiger partial charge on any atom is 4.00 e. The maximum absolute atomic E-state index is 7.75. The summed E-state index contributed by atoms with van der Waals surface area (Å²) in [7, 11) is 0. The third kappa shape index (κ3) is 2860. The summed E-state index contributed by atoms with van der Waals surface area (Å²) in [5, 5.41) is 31.0. The predicted octanol–water partition coefficient (Wildman–Crippen LogP) is -2.23. The summed E-state index contributed by atoms with van der Waals surface area (Å²) < 4.78 is 0. The molecule has 8 nitrogen and oxygen atoms in total. The van der Waals surface area contributed by atoms with E-state index in [0.717, 1.165) is 0 Å². The van der Waals surface area contributed by atoms with Crippen molar-refractivity contribution in [3.05, 3.63) is 20.8 Å². The summed E-state index contributed by atoms with van der Waals surface area (Å²) in [6.07, 6.45) is 0. The third-order valence-electron chi connectivity index (χ3n) is 0. The van der Waals surface area contributed by atoms with Crippen LogP contribution >= 0.6 is 0 Å². The van der Waals surface area contributed by atoms with Gasteiger partial charge in [0.25, 0.3) is 0 Å². The Morgan fingerprint density at radius 3 is 0.444 bits per heavy atom. The second kappa shape index (κ2) is 3840. The number of hydrogen-bond donors (Lipinski definition) is 4. The Balaban J connectivity index is -0.00000000762. The zero-order valence-electron chi connectivity index (χ0n) is 4.26. The topological polar surface area (TPSA) is 196 Å². The summed E-state index contributed by atoms with van der Waals surface area (Å²) in [6, 6.07) is 0. The van der Waals surface area contributed by atoms with Crippen LogP contribution in [0.25, 0.3) is 0 Å². The van der Waals surface area contributed by atoms with Crippen LogP contribution in [0.5, 0.6) is 0 Å². The molecule has 0 aromatic rings. The third-order valence-corrected chi connectivity index (χ3v) is 0. The molecule has 0 atom stereocenters. The molecule has 0 saturated carbocycles. The number of nitrogens with two attached hydrogens (primary N) is 4. The largest absolute Gasteiger partial charge is 4.00 e. The molecule has 0 amide bonds. The molecule has 0 aliphatic carbocycles. The van der Waals surface area contributed by atoms with Gasteiger partial charge in [-0.1, -0.05) is 0 Å². The second-order valence-corrected chi connectivity index (χ2v) is 0. The maximum atomic E-state index is 7.75. The van der Waals surface area contributed by atoms with Crippen LogP contribution in [0, 0.1) is 20.8 Å². The Morgan fingerprint density at radius 2 is 0.444 bits per heavy atom. The van der Waals surface area contributed by atoms with E-state index in [9.17, 15) is 0 Å². The molecule has 0 heterocycles. The summed E-state index contributed by atoms with van der Waals surface area (Å²) in [5.74, 6) is 13.0. The molecule has 0 unspecified atom stereocenters. The zero-order chi connectivity index (χ0) is 8.00. The smallest absolute Gasteiger partial charge is 0.790 e. The molecule has 0 bridgehead atoms. The fourth-order valence-corrected chi connectivity index (χ4v) is 0. The molecule has 0 saturated heterocycles. The average molecular weight is 235 g/mol. The van der Waals surface area contributed by atoms with Crippen molar-refractivity contribution in [3.8, 4) is 0 Å². The Labute approximate surface area is 65.5 Å². The first-order valence-electron chi connectivity index (χ1n) is 0.943. The van der Waals surface area contributed by atoms with E-state index in [-0.39, 0.29) is 20.4 Å². The van der Waals surface area contributed by atoms with Gasteiger partial charge in [0.05, 0.1) is 0 Å². The zero-order valence-corrected chi connectivity index (χ0v) is 5.81. The minimum absolute atomic E-state index is 0. The summed E-state index contributed by atoms with van der Waals surface area (Å²) in [4.78, 5) is 0. The van der Waals surface area contributed by atoms with E-state index in [4.69, 9.17) is 20.8 Å². The van der Waals surface area contributed by atoms with E-state index in [1.54, 1.807) is 0 Å². The predicted molar refractivity (Wildman–Crippen MR) is 30.2 cm³/mol. The SMILES string of the molecule is N[O-].N[O-].N[O-].N[O-].[Pd+4]. The quantitative estimate of drug-likeness (QED) is 0.266. The van der Waals surface area contributed by atoms with Crippen LogP contribution < -0.4 is 23.6 Å². The van der Waals surface area contributed by atoms with Crippen LogP contribution in [-0.2, 0) is 20.4 Å². The molecular formula is H8N4O4Pd. The minimum atomic E-state index is 0. The molecule has 0 rings (SSSR count). The minimum Gasteiger partial charge on any atom is -0.790 e. The van der Waals surface area contributed by atoms with Crippen molar-refractivity contribution in [2.75, 3.05) is 0 Å². The number of hydrogen-bond acceptors (Lipinski definition) is 8. The Morgan fingerprint density at radius 1 is 0.444 bits per heavy atom. The van der Waals surface area contributed by atoms with Crippen molar-refractivity contribution in [2.24, 2.45) is 23.6 Å². The molecule has 9 heteroatoms. The molecule has 8 N–H and O–H groups in total.